The smallest absolute Gasteiger partial charge is 0.234 e. The minimum atomic E-state index is 0.0425. The maximum atomic E-state index is 12.2. The van der Waals surface area contributed by atoms with Gasteiger partial charge in [-0.3, -0.25) is 9.69 Å². The molecule has 1 heterocycles. The van der Waals surface area contributed by atoms with Crippen LogP contribution in [0.2, 0.25) is 0 Å². The number of ether oxygens (including phenoxy) is 1. The Balaban J connectivity index is 1.43. The average Bonchev–Trinajstić information content (AvgIpc) is 3.05. The second-order valence-electron chi connectivity index (χ2n) is 6.48. The molecule has 0 unspecified atom stereocenters. The van der Waals surface area contributed by atoms with E-state index >= 15 is 0 Å². The van der Waals surface area contributed by atoms with Gasteiger partial charge in [-0.15, -0.1) is 0 Å². The molecule has 0 aliphatic heterocycles. The molecular weight excluding hydrogens is 326 g/mol. The zero-order valence-electron chi connectivity index (χ0n) is 15.3. The zero-order valence-corrected chi connectivity index (χ0v) is 15.3. The number of benzene rings is 2. The van der Waals surface area contributed by atoms with Crippen molar-refractivity contribution in [3.63, 3.8) is 0 Å². The monoisotopic (exact) mass is 351 g/mol. The Kier molecular flexibility index (Phi) is 5.92. The van der Waals surface area contributed by atoms with Crippen molar-refractivity contribution in [3.05, 3.63) is 65.9 Å². The van der Waals surface area contributed by atoms with Gasteiger partial charge >= 0.3 is 0 Å². The number of carbonyl (C=O) groups is 1. The Morgan fingerprint density at radius 2 is 1.92 bits per heavy atom. The highest BCUT2D eigenvalue weighted by atomic mass is 16.5. The molecule has 0 fully saturated rings. The molecule has 0 aliphatic rings. The number of hydrogen-bond acceptors (Lipinski definition) is 3. The number of amides is 1. The summed E-state index contributed by atoms with van der Waals surface area (Å²) >= 11 is 0. The number of methoxy groups -OCH3 is 1. The summed E-state index contributed by atoms with van der Waals surface area (Å²) < 4.78 is 5.16. The van der Waals surface area contributed by atoms with Crippen molar-refractivity contribution in [2.45, 2.75) is 13.0 Å². The van der Waals surface area contributed by atoms with Crippen molar-refractivity contribution >= 4 is 16.8 Å². The summed E-state index contributed by atoms with van der Waals surface area (Å²) in [5, 5.41) is 4.23. The second-order valence-corrected chi connectivity index (χ2v) is 6.48. The number of nitrogens with zero attached hydrogens (tertiary/aromatic N) is 1. The molecule has 3 rings (SSSR count). The van der Waals surface area contributed by atoms with E-state index in [4.69, 9.17) is 4.74 Å². The number of para-hydroxylation sites is 1. The van der Waals surface area contributed by atoms with E-state index in [9.17, 15) is 4.79 Å². The summed E-state index contributed by atoms with van der Waals surface area (Å²) in [6.07, 6.45) is 2.84. The number of fused-ring (bicyclic) bond motifs is 1. The first-order valence-corrected chi connectivity index (χ1v) is 8.79. The lowest BCUT2D eigenvalue weighted by atomic mass is 10.1. The van der Waals surface area contributed by atoms with Crippen LogP contribution in [0.3, 0.4) is 0 Å². The van der Waals surface area contributed by atoms with Crippen LogP contribution in [0.15, 0.2) is 54.7 Å². The van der Waals surface area contributed by atoms with Gasteiger partial charge in [-0.25, -0.2) is 0 Å². The molecule has 5 heteroatoms. The SMILES string of the molecule is COc1ccc(CN(C)CC(=O)NCCc2c[nH]c3ccccc23)cc1. The molecule has 1 amide bonds. The van der Waals surface area contributed by atoms with Crippen LogP contribution in [0, 0.1) is 0 Å². The number of aromatic nitrogens is 1. The maximum absolute atomic E-state index is 12.2. The van der Waals surface area contributed by atoms with E-state index in [0.717, 1.165) is 29.8 Å². The van der Waals surface area contributed by atoms with E-state index in [0.29, 0.717) is 13.1 Å². The quantitative estimate of drug-likeness (QED) is 0.656. The largest absolute Gasteiger partial charge is 0.497 e. The predicted molar refractivity (Wildman–Crippen MR) is 104 cm³/mol. The number of nitrogens with one attached hydrogen (secondary N) is 2. The van der Waals surface area contributed by atoms with Crippen molar-refractivity contribution < 1.29 is 9.53 Å². The fraction of sp³-hybridized carbons (Fsp3) is 0.286. The molecule has 0 saturated carbocycles. The number of likely N-dealkylation sites (N-methyl/N-ethyl adjacent to an activating group) is 1. The first-order valence-electron chi connectivity index (χ1n) is 8.79. The van der Waals surface area contributed by atoms with Crippen LogP contribution in [-0.2, 0) is 17.8 Å². The van der Waals surface area contributed by atoms with Crippen LogP contribution in [0.25, 0.3) is 10.9 Å². The van der Waals surface area contributed by atoms with Crippen molar-refractivity contribution in [3.8, 4) is 5.75 Å². The standard InChI is InChI=1S/C21H25N3O2/c1-24(14-16-7-9-18(26-2)10-8-16)15-21(25)22-12-11-17-13-23-20-6-4-3-5-19(17)20/h3-10,13,23H,11-12,14-15H2,1-2H3,(H,22,25). The van der Waals surface area contributed by atoms with Gasteiger partial charge < -0.3 is 15.0 Å². The van der Waals surface area contributed by atoms with E-state index < -0.39 is 0 Å². The highest BCUT2D eigenvalue weighted by Crippen LogP contribution is 2.17. The van der Waals surface area contributed by atoms with E-state index in [1.54, 1.807) is 7.11 Å². The lowest BCUT2D eigenvalue weighted by molar-refractivity contribution is -0.122. The average molecular weight is 351 g/mol. The van der Waals surface area contributed by atoms with Crippen LogP contribution >= 0.6 is 0 Å². The third-order valence-corrected chi connectivity index (χ3v) is 4.42. The summed E-state index contributed by atoms with van der Waals surface area (Å²) in [6, 6.07) is 16.1. The predicted octanol–water partition coefficient (Wildman–Crippen LogP) is 2.97. The summed E-state index contributed by atoms with van der Waals surface area (Å²) in [7, 11) is 3.60. The van der Waals surface area contributed by atoms with Gasteiger partial charge in [0.15, 0.2) is 0 Å². The summed E-state index contributed by atoms with van der Waals surface area (Å²) in [4.78, 5) is 17.4. The highest BCUT2D eigenvalue weighted by Gasteiger charge is 2.08. The molecule has 0 radical (unpaired) electrons. The van der Waals surface area contributed by atoms with Gasteiger partial charge in [0.25, 0.3) is 0 Å². The lowest BCUT2D eigenvalue weighted by Crippen LogP contribution is -2.35. The first kappa shape index (κ1) is 18.0. The van der Waals surface area contributed by atoms with Crippen LogP contribution in [0.4, 0.5) is 0 Å². The minimum absolute atomic E-state index is 0.0425. The molecule has 3 aromatic rings. The van der Waals surface area contributed by atoms with Gasteiger partial charge in [0, 0.05) is 30.2 Å². The Labute approximate surface area is 154 Å². The van der Waals surface area contributed by atoms with Crippen LogP contribution in [-0.4, -0.2) is 43.0 Å². The Bertz CT molecular complexity index is 855. The highest BCUT2D eigenvalue weighted by molar-refractivity contribution is 5.83. The number of hydrogen-bond donors (Lipinski definition) is 2. The summed E-state index contributed by atoms with van der Waals surface area (Å²) in [6.45, 7) is 1.73. The Hall–Kier alpha value is -2.79. The molecule has 2 N–H and O–H groups in total. The van der Waals surface area contributed by atoms with Gasteiger partial charge in [-0.2, -0.15) is 0 Å². The first-order chi connectivity index (χ1) is 12.7. The third-order valence-electron chi connectivity index (χ3n) is 4.42. The number of carbonyl (C=O) groups excluding carboxylic acids is 1. The Morgan fingerprint density at radius 3 is 2.69 bits per heavy atom. The molecule has 5 nitrogen and oxygen atoms in total. The molecule has 0 spiro atoms. The maximum Gasteiger partial charge on any atom is 0.234 e. The van der Waals surface area contributed by atoms with E-state index in [2.05, 4.69) is 22.4 Å². The van der Waals surface area contributed by atoms with Gasteiger partial charge in [-0.05, 0) is 42.8 Å². The molecule has 0 atom stereocenters. The molecule has 0 saturated heterocycles. The van der Waals surface area contributed by atoms with Crippen molar-refractivity contribution in [2.75, 3.05) is 27.2 Å². The summed E-state index contributed by atoms with van der Waals surface area (Å²) in [5.74, 6) is 0.882. The zero-order chi connectivity index (χ0) is 18.4. The van der Waals surface area contributed by atoms with E-state index in [-0.39, 0.29) is 5.91 Å². The lowest BCUT2D eigenvalue weighted by Gasteiger charge is -2.16. The third kappa shape index (κ3) is 4.64. The Morgan fingerprint density at radius 1 is 1.15 bits per heavy atom. The van der Waals surface area contributed by atoms with Crippen molar-refractivity contribution in [1.82, 2.24) is 15.2 Å². The van der Waals surface area contributed by atoms with E-state index in [1.807, 2.05) is 54.5 Å². The van der Waals surface area contributed by atoms with E-state index in [1.165, 1.54) is 10.9 Å². The fourth-order valence-electron chi connectivity index (χ4n) is 3.07. The van der Waals surface area contributed by atoms with Gasteiger partial charge in [0.05, 0.1) is 13.7 Å². The van der Waals surface area contributed by atoms with Gasteiger partial charge in [-0.1, -0.05) is 30.3 Å². The fourth-order valence-corrected chi connectivity index (χ4v) is 3.07. The molecule has 136 valence electrons. The molecule has 26 heavy (non-hydrogen) atoms. The minimum Gasteiger partial charge on any atom is -0.497 e. The topological polar surface area (TPSA) is 57.4 Å². The molecule has 0 aliphatic carbocycles. The number of aromatic amines is 1. The van der Waals surface area contributed by atoms with Crippen LogP contribution in [0.1, 0.15) is 11.1 Å². The normalized spacial score (nSPS) is 11.0. The second kappa shape index (κ2) is 8.54. The van der Waals surface area contributed by atoms with Crippen molar-refractivity contribution in [1.29, 1.82) is 0 Å². The van der Waals surface area contributed by atoms with Crippen LogP contribution in [0.5, 0.6) is 5.75 Å². The number of H-pyrrole nitrogens is 1. The number of rotatable bonds is 8. The van der Waals surface area contributed by atoms with Gasteiger partial charge in [0.2, 0.25) is 5.91 Å². The molecule has 0 bridgehead atoms. The molecule has 2 aromatic carbocycles. The summed E-state index contributed by atoms with van der Waals surface area (Å²) in [5.41, 5.74) is 3.51. The molecule has 1 aromatic heterocycles. The van der Waals surface area contributed by atoms with Crippen LogP contribution < -0.4 is 10.1 Å². The van der Waals surface area contributed by atoms with Crippen molar-refractivity contribution in [2.24, 2.45) is 0 Å². The molecular formula is C21H25N3O2. The van der Waals surface area contributed by atoms with Gasteiger partial charge in [0.1, 0.15) is 5.75 Å².